The molecule has 2 aliphatic heterocycles. The molecule has 5 rings (SSSR count). The molecule has 9 heteroatoms. The number of hydrogen-bond acceptors (Lipinski definition) is 8. The predicted octanol–water partition coefficient (Wildman–Crippen LogP) is 4.11. The van der Waals surface area contributed by atoms with Gasteiger partial charge in [-0.1, -0.05) is 18.2 Å². The number of methoxy groups -OCH3 is 3. The number of Topliss-reactive ketones (excluding diaryl/α,β-unsaturated/α-hetero) is 1. The molecule has 1 saturated heterocycles. The molecule has 0 aliphatic carbocycles. The Labute approximate surface area is 213 Å². The van der Waals surface area contributed by atoms with E-state index < -0.39 is 17.7 Å². The van der Waals surface area contributed by atoms with Gasteiger partial charge in [-0.05, 0) is 30.3 Å². The predicted molar refractivity (Wildman–Crippen MR) is 135 cm³/mol. The van der Waals surface area contributed by atoms with Crippen LogP contribution in [0, 0.1) is 0 Å². The molecule has 190 valence electrons. The van der Waals surface area contributed by atoms with Gasteiger partial charge in [0, 0.05) is 23.4 Å². The molecule has 1 amide bonds. The Morgan fingerprint density at radius 1 is 0.865 bits per heavy atom. The summed E-state index contributed by atoms with van der Waals surface area (Å²) in [7, 11) is 4.45. The second-order valence-corrected chi connectivity index (χ2v) is 8.31. The van der Waals surface area contributed by atoms with Crippen LogP contribution in [-0.2, 0) is 9.59 Å². The molecule has 1 atom stereocenters. The monoisotopic (exact) mass is 503 g/mol. The van der Waals surface area contributed by atoms with Crippen LogP contribution in [0.5, 0.6) is 28.7 Å². The van der Waals surface area contributed by atoms with Gasteiger partial charge in [-0.25, -0.2) is 0 Å². The molecule has 0 radical (unpaired) electrons. The molecule has 37 heavy (non-hydrogen) atoms. The van der Waals surface area contributed by atoms with Crippen molar-refractivity contribution < 1.29 is 38.4 Å². The van der Waals surface area contributed by atoms with E-state index in [9.17, 15) is 14.7 Å². The zero-order valence-electron chi connectivity index (χ0n) is 20.5. The molecule has 3 aromatic rings. The van der Waals surface area contributed by atoms with Gasteiger partial charge in [0.25, 0.3) is 11.7 Å². The normalized spacial score (nSPS) is 18.0. The fourth-order valence-corrected chi connectivity index (χ4v) is 4.61. The summed E-state index contributed by atoms with van der Waals surface area (Å²) in [5, 5.41) is 11.5. The van der Waals surface area contributed by atoms with Crippen molar-refractivity contribution in [2.45, 2.75) is 6.04 Å². The Morgan fingerprint density at radius 2 is 1.59 bits per heavy atom. The Hall–Kier alpha value is -4.66. The van der Waals surface area contributed by atoms with Crippen molar-refractivity contribution >= 4 is 23.1 Å². The number of benzene rings is 3. The lowest BCUT2D eigenvalue weighted by atomic mass is 9.94. The Morgan fingerprint density at radius 3 is 2.32 bits per heavy atom. The molecule has 0 aromatic heterocycles. The quantitative estimate of drug-likeness (QED) is 0.305. The molecule has 1 N–H and O–H groups in total. The van der Waals surface area contributed by atoms with Crippen molar-refractivity contribution in [2.75, 3.05) is 39.4 Å². The van der Waals surface area contributed by atoms with Crippen molar-refractivity contribution in [1.82, 2.24) is 0 Å². The molecule has 1 fully saturated rings. The number of nitrogens with zero attached hydrogens (tertiary/aromatic N) is 1. The Kier molecular flexibility index (Phi) is 6.35. The van der Waals surface area contributed by atoms with Crippen LogP contribution >= 0.6 is 0 Å². The third-order valence-corrected chi connectivity index (χ3v) is 6.35. The largest absolute Gasteiger partial charge is 0.507 e. The first-order valence-electron chi connectivity index (χ1n) is 11.5. The third kappa shape index (κ3) is 4.08. The van der Waals surface area contributed by atoms with Crippen molar-refractivity contribution in [3.8, 4) is 28.7 Å². The minimum atomic E-state index is -0.995. The summed E-state index contributed by atoms with van der Waals surface area (Å²) < 4.78 is 27.6. The molecule has 2 aliphatic rings. The first kappa shape index (κ1) is 24.1. The third-order valence-electron chi connectivity index (χ3n) is 6.35. The van der Waals surface area contributed by atoms with Gasteiger partial charge in [0.2, 0.25) is 0 Å². The number of amides is 1. The molecular formula is C28H25NO8. The van der Waals surface area contributed by atoms with Gasteiger partial charge in [-0.2, -0.15) is 0 Å². The average molecular weight is 504 g/mol. The summed E-state index contributed by atoms with van der Waals surface area (Å²) in [6.45, 7) is 0.782. The van der Waals surface area contributed by atoms with E-state index in [-0.39, 0.29) is 22.6 Å². The van der Waals surface area contributed by atoms with Crippen LogP contribution in [-0.4, -0.2) is 51.3 Å². The number of fused-ring (bicyclic) bond motifs is 1. The molecule has 0 spiro atoms. The average Bonchev–Trinajstić information content (AvgIpc) is 3.21. The van der Waals surface area contributed by atoms with E-state index >= 15 is 0 Å². The zero-order valence-corrected chi connectivity index (χ0v) is 20.5. The number of ketones is 1. The van der Waals surface area contributed by atoms with Crippen molar-refractivity contribution in [3.63, 3.8) is 0 Å². The second-order valence-electron chi connectivity index (χ2n) is 8.31. The van der Waals surface area contributed by atoms with Gasteiger partial charge in [-0.3, -0.25) is 14.5 Å². The molecule has 2 heterocycles. The van der Waals surface area contributed by atoms with Gasteiger partial charge < -0.3 is 28.8 Å². The smallest absolute Gasteiger partial charge is 0.300 e. The van der Waals surface area contributed by atoms with Crippen LogP contribution in [0.4, 0.5) is 5.69 Å². The lowest BCUT2D eigenvalue weighted by Gasteiger charge is -2.28. The number of anilines is 1. The zero-order chi connectivity index (χ0) is 26.1. The molecule has 0 bridgehead atoms. The number of ether oxygens (including phenoxy) is 5. The number of para-hydroxylation sites is 1. The number of carbonyl (C=O) groups excluding carboxylic acids is 2. The summed E-state index contributed by atoms with van der Waals surface area (Å²) >= 11 is 0. The van der Waals surface area contributed by atoms with E-state index in [1.165, 1.54) is 26.2 Å². The maximum absolute atomic E-state index is 13.5. The molecule has 9 nitrogen and oxygen atoms in total. The molecule has 0 saturated carbocycles. The van der Waals surface area contributed by atoms with E-state index in [4.69, 9.17) is 23.7 Å². The summed E-state index contributed by atoms with van der Waals surface area (Å²) in [6.07, 6.45) is 0. The maximum Gasteiger partial charge on any atom is 0.300 e. The van der Waals surface area contributed by atoms with Crippen LogP contribution < -0.4 is 28.6 Å². The van der Waals surface area contributed by atoms with E-state index in [2.05, 4.69) is 0 Å². The van der Waals surface area contributed by atoms with Crippen LogP contribution in [0.25, 0.3) is 5.76 Å². The van der Waals surface area contributed by atoms with Crippen LogP contribution in [0.3, 0.4) is 0 Å². The highest BCUT2D eigenvalue weighted by Gasteiger charge is 2.48. The lowest BCUT2D eigenvalue weighted by molar-refractivity contribution is -0.132. The van der Waals surface area contributed by atoms with Gasteiger partial charge in [0.1, 0.15) is 36.2 Å². The highest BCUT2D eigenvalue weighted by Crippen LogP contribution is 2.47. The minimum absolute atomic E-state index is 0.104. The topological polar surface area (TPSA) is 104 Å². The van der Waals surface area contributed by atoms with E-state index in [1.807, 2.05) is 0 Å². The molecule has 1 unspecified atom stereocenters. The SMILES string of the molecule is COc1ccc(/C(O)=C2\C(=O)C(=O)N(c3ccc4c(c3)OCCO4)C2c2ccccc2OC)c(OC)c1. The van der Waals surface area contributed by atoms with E-state index in [1.54, 1.807) is 60.7 Å². The lowest BCUT2D eigenvalue weighted by Crippen LogP contribution is -2.30. The minimum Gasteiger partial charge on any atom is -0.507 e. The highest BCUT2D eigenvalue weighted by atomic mass is 16.6. The second kappa shape index (κ2) is 9.77. The number of carbonyl (C=O) groups is 2. The van der Waals surface area contributed by atoms with Gasteiger partial charge in [0.05, 0.1) is 38.5 Å². The fraction of sp³-hybridized carbons (Fsp3) is 0.214. The number of aliphatic hydroxyl groups is 1. The van der Waals surface area contributed by atoms with E-state index in [0.29, 0.717) is 47.5 Å². The van der Waals surface area contributed by atoms with Gasteiger partial charge in [0.15, 0.2) is 11.5 Å². The number of aliphatic hydroxyl groups excluding tert-OH is 1. The summed E-state index contributed by atoms with van der Waals surface area (Å²) in [5.41, 5.74) is 1.06. The first-order chi connectivity index (χ1) is 18.0. The Balaban J connectivity index is 1.74. The molecular weight excluding hydrogens is 478 g/mol. The van der Waals surface area contributed by atoms with Crippen molar-refractivity contribution in [1.29, 1.82) is 0 Å². The Bertz CT molecular complexity index is 1410. The summed E-state index contributed by atoms with van der Waals surface area (Å²) in [5.74, 6) is 0.207. The van der Waals surface area contributed by atoms with Gasteiger partial charge >= 0.3 is 0 Å². The van der Waals surface area contributed by atoms with Crippen molar-refractivity contribution in [2.24, 2.45) is 0 Å². The van der Waals surface area contributed by atoms with Crippen LogP contribution in [0.2, 0.25) is 0 Å². The number of rotatable bonds is 6. The van der Waals surface area contributed by atoms with Crippen molar-refractivity contribution in [3.05, 3.63) is 77.4 Å². The van der Waals surface area contributed by atoms with Crippen LogP contribution in [0.1, 0.15) is 17.2 Å². The van der Waals surface area contributed by atoms with E-state index in [0.717, 1.165) is 0 Å². The standard InChI is InChI=1S/C28H25NO8/c1-33-17-9-10-19(22(15-17)35-3)26(30)24-25(18-6-4-5-7-20(18)34-2)29(28(32)27(24)31)16-8-11-21-23(14-16)37-13-12-36-21/h4-11,14-15,25,30H,12-13H2,1-3H3/b26-24+. The summed E-state index contributed by atoms with van der Waals surface area (Å²) in [4.78, 5) is 28.4. The highest BCUT2D eigenvalue weighted by molar-refractivity contribution is 6.51. The fourth-order valence-electron chi connectivity index (χ4n) is 4.61. The maximum atomic E-state index is 13.5. The molecule has 3 aromatic carbocycles. The summed E-state index contributed by atoms with van der Waals surface area (Å²) in [6, 6.07) is 15.8. The number of hydrogen-bond donors (Lipinski definition) is 1. The van der Waals surface area contributed by atoms with Crippen LogP contribution in [0.15, 0.2) is 66.2 Å². The van der Waals surface area contributed by atoms with Gasteiger partial charge in [-0.15, -0.1) is 0 Å². The first-order valence-corrected chi connectivity index (χ1v) is 11.5.